The van der Waals surface area contributed by atoms with Crippen LogP contribution in [-0.2, 0) is 0 Å². The SMILES string of the molecule is CCNC1=C[CH-]C2=C(c3c(Cl)cc(N(CC)CC)cc3Cl)c3ccc(NCC)cc3SC2=C1. The molecule has 0 unspecified atom stereocenters. The van der Waals surface area contributed by atoms with E-state index in [0.717, 1.165) is 65.5 Å². The third-order valence-electron chi connectivity index (χ3n) is 5.89. The molecule has 6 heteroatoms. The Morgan fingerprint density at radius 3 is 2.27 bits per heavy atom. The van der Waals surface area contributed by atoms with Crippen LogP contribution in [0, 0.1) is 6.42 Å². The monoisotopic (exact) mass is 498 g/mol. The van der Waals surface area contributed by atoms with Crippen molar-refractivity contribution in [3.05, 3.63) is 86.3 Å². The number of benzene rings is 2. The number of thioether (sulfide) groups is 1. The summed E-state index contributed by atoms with van der Waals surface area (Å²) in [4.78, 5) is 4.66. The topological polar surface area (TPSA) is 27.3 Å². The second kappa shape index (κ2) is 10.4. The first-order chi connectivity index (χ1) is 16.0. The fourth-order valence-electron chi connectivity index (χ4n) is 4.36. The molecule has 4 rings (SSSR count). The molecule has 1 aliphatic heterocycles. The van der Waals surface area contributed by atoms with Crippen LogP contribution in [0.15, 0.2) is 63.6 Å². The summed E-state index contributed by atoms with van der Waals surface area (Å²) < 4.78 is 0. The van der Waals surface area contributed by atoms with Crippen molar-refractivity contribution in [2.24, 2.45) is 0 Å². The highest BCUT2D eigenvalue weighted by molar-refractivity contribution is 8.03. The molecule has 0 spiro atoms. The maximum absolute atomic E-state index is 6.96. The van der Waals surface area contributed by atoms with E-state index in [-0.39, 0.29) is 0 Å². The van der Waals surface area contributed by atoms with Crippen LogP contribution in [0.2, 0.25) is 10.0 Å². The van der Waals surface area contributed by atoms with Gasteiger partial charge in [-0.25, -0.2) is 0 Å². The lowest BCUT2D eigenvalue weighted by Crippen LogP contribution is -2.21. The summed E-state index contributed by atoms with van der Waals surface area (Å²) in [6.07, 6.45) is 6.53. The van der Waals surface area contributed by atoms with Gasteiger partial charge in [-0.3, -0.25) is 0 Å². The average Bonchev–Trinajstić information content (AvgIpc) is 2.79. The number of nitrogens with zero attached hydrogens (tertiary/aromatic N) is 1. The van der Waals surface area contributed by atoms with Gasteiger partial charge in [0.05, 0.1) is 0 Å². The number of hydrogen-bond acceptors (Lipinski definition) is 4. The molecule has 0 bridgehead atoms. The molecule has 1 heterocycles. The van der Waals surface area contributed by atoms with E-state index in [0.29, 0.717) is 10.0 Å². The smallest absolute Gasteiger partial charge is 0.0427 e. The van der Waals surface area contributed by atoms with Gasteiger partial charge in [0.2, 0.25) is 0 Å². The van der Waals surface area contributed by atoms with Gasteiger partial charge >= 0.3 is 0 Å². The van der Waals surface area contributed by atoms with Crippen LogP contribution in [-0.4, -0.2) is 26.2 Å². The molecule has 3 nitrogen and oxygen atoms in total. The van der Waals surface area contributed by atoms with Crippen LogP contribution >= 0.6 is 35.0 Å². The number of anilines is 2. The van der Waals surface area contributed by atoms with Gasteiger partial charge in [0.15, 0.2) is 0 Å². The summed E-state index contributed by atoms with van der Waals surface area (Å²) in [6.45, 7) is 12.1. The molecule has 0 atom stereocenters. The molecule has 2 aliphatic rings. The standard InChI is InChI=1S/C27H30Cl2N3S/c1-5-30-17-9-11-20-24(13-17)33-25-14-18(31-6-2)10-12-21(25)26(20)27-22(28)15-19(16-23(27)29)32(7-3)8-4/h9-16,30-31H,5-8H2,1-4H3/q-1. The highest BCUT2D eigenvalue weighted by Gasteiger charge is 2.24. The van der Waals surface area contributed by atoms with Crippen molar-refractivity contribution < 1.29 is 0 Å². The van der Waals surface area contributed by atoms with Crippen LogP contribution < -0.4 is 15.5 Å². The zero-order valence-corrected chi connectivity index (χ0v) is 21.9. The largest absolute Gasteiger partial charge is 0.424 e. The molecule has 0 fully saturated rings. The van der Waals surface area contributed by atoms with E-state index in [4.69, 9.17) is 23.2 Å². The molecule has 0 saturated heterocycles. The van der Waals surface area contributed by atoms with Crippen LogP contribution in [0.5, 0.6) is 0 Å². The highest BCUT2D eigenvalue weighted by Crippen LogP contribution is 2.52. The molecular weight excluding hydrogens is 469 g/mol. The van der Waals surface area contributed by atoms with Crippen molar-refractivity contribution in [2.75, 3.05) is 36.4 Å². The molecule has 174 valence electrons. The molecule has 33 heavy (non-hydrogen) atoms. The number of allylic oxidation sites excluding steroid dienone is 3. The summed E-state index contributed by atoms with van der Waals surface area (Å²) in [5.74, 6) is 0. The first-order valence-corrected chi connectivity index (χ1v) is 13.1. The van der Waals surface area contributed by atoms with Crippen LogP contribution in [0.1, 0.15) is 38.8 Å². The van der Waals surface area contributed by atoms with E-state index in [1.54, 1.807) is 11.8 Å². The van der Waals surface area contributed by atoms with E-state index < -0.39 is 0 Å². The van der Waals surface area contributed by atoms with Crippen molar-refractivity contribution in [1.82, 2.24) is 5.32 Å². The number of hydrogen-bond donors (Lipinski definition) is 2. The minimum absolute atomic E-state index is 0.676. The summed E-state index contributed by atoms with van der Waals surface area (Å²) >= 11 is 15.7. The van der Waals surface area contributed by atoms with Crippen molar-refractivity contribution >= 4 is 51.9 Å². The Bertz CT molecular complexity index is 1120. The molecule has 2 N–H and O–H groups in total. The van der Waals surface area contributed by atoms with Gasteiger partial charge in [0, 0.05) is 52.5 Å². The predicted molar refractivity (Wildman–Crippen MR) is 147 cm³/mol. The predicted octanol–water partition coefficient (Wildman–Crippen LogP) is 7.77. The van der Waals surface area contributed by atoms with E-state index in [9.17, 15) is 0 Å². The van der Waals surface area contributed by atoms with E-state index in [1.807, 2.05) is 12.1 Å². The number of fused-ring (bicyclic) bond motifs is 2. The van der Waals surface area contributed by atoms with Gasteiger partial charge in [-0.15, -0.1) is 35.9 Å². The first-order valence-electron chi connectivity index (χ1n) is 11.6. The zero-order valence-electron chi connectivity index (χ0n) is 19.6. The molecule has 2 aromatic carbocycles. The Balaban J connectivity index is 1.91. The molecule has 0 aromatic heterocycles. The van der Waals surface area contributed by atoms with Gasteiger partial charge in [0.25, 0.3) is 0 Å². The van der Waals surface area contributed by atoms with Crippen molar-refractivity contribution in [3.8, 4) is 0 Å². The maximum atomic E-state index is 6.96. The Hall–Kier alpha value is -2.14. The van der Waals surface area contributed by atoms with E-state index in [2.05, 4.69) is 80.0 Å². The number of rotatable bonds is 8. The van der Waals surface area contributed by atoms with Crippen LogP contribution in [0.3, 0.4) is 0 Å². The van der Waals surface area contributed by atoms with Crippen molar-refractivity contribution in [1.29, 1.82) is 0 Å². The third-order valence-corrected chi connectivity index (χ3v) is 7.60. The zero-order chi connectivity index (χ0) is 23.5. The summed E-state index contributed by atoms with van der Waals surface area (Å²) in [5.41, 5.74) is 7.58. The molecular formula is C27H30Cl2N3S-. The second-order valence-corrected chi connectivity index (χ2v) is 9.81. The lowest BCUT2D eigenvalue weighted by atomic mass is 9.88. The van der Waals surface area contributed by atoms with Crippen LogP contribution in [0.4, 0.5) is 11.4 Å². The van der Waals surface area contributed by atoms with Crippen molar-refractivity contribution in [3.63, 3.8) is 0 Å². The van der Waals surface area contributed by atoms with Gasteiger partial charge in [-0.1, -0.05) is 39.7 Å². The number of halogens is 2. The molecule has 0 radical (unpaired) electrons. The number of likely N-dealkylation sites (N-methyl/N-ethyl adjacent to an activating group) is 1. The van der Waals surface area contributed by atoms with E-state index >= 15 is 0 Å². The normalized spacial score (nSPS) is 14.6. The van der Waals surface area contributed by atoms with E-state index in [1.165, 1.54) is 9.80 Å². The summed E-state index contributed by atoms with van der Waals surface area (Å²) in [7, 11) is 0. The Morgan fingerprint density at radius 1 is 0.939 bits per heavy atom. The molecule has 1 aliphatic carbocycles. The fraction of sp³-hybridized carbons (Fsp3) is 0.296. The van der Waals surface area contributed by atoms with Gasteiger partial charge in [-0.05, 0) is 68.8 Å². The summed E-state index contributed by atoms with van der Waals surface area (Å²) in [6, 6.07) is 10.6. The van der Waals surface area contributed by atoms with Crippen LogP contribution in [0.25, 0.3) is 5.57 Å². The average molecular weight is 500 g/mol. The Labute approximate surface area is 211 Å². The minimum Gasteiger partial charge on any atom is -0.424 e. The third kappa shape index (κ3) is 4.75. The fourth-order valence-corrected chi connectivity index (χ4v) is 6.19. The lowest BCUT2D eigenvalue weighted by Gasteiger charge is -2.36. The maximum Gasteiger partial charge on any atom is 0.0427 e. The minimum atomic E-state index is 0.676. The quantitative estimate of drug-likeness (QED) is 0.363. The molecule has 0 saturated carbocycles. The molecule has 2 aromatic rings. The second-order valence-electron chi connectivity index (χ2n) is 7.92. The number of nitrogens with one attached hydrogen (secondary N) is 2. The lowest BCUT2D eigenvalue weighted by molar-refractivity contribution is 0.866. The Morgan fingerprint density at radius 2 is 1.64 bits per heavy atom. The van der Waals surface area contributed by atoms with Gasteiger partial charge < -0.3 is 15.5 Å². The van der Waals surface area contributed by atoms with Gasteiger partial charge in [-0.2, -0.15) is 0 Å². The van der Waals surface area contributed by atoms with Crippen molar-refractivity contribution in [2.45, 2.75) is 32.6 Å². The highest BCUT2D eigenvalue weighted by atomic mass is 35.5. The first kappa shape index (κ1) is 24.0. The van der Waals surface area contributed by atoms with Gasteiger partial charge in [0.1, 0.15) is 0 Å². The Kier molecular flexibility index (Phi) is 7.58. The summed E-state index contributed by atoms with van der Waals surface area (Å²) in [5, 5.41) is 8.21. The molecule has 0 amide bonds.